The van der Waals surface area contributed by atoms with E-state index in [4.69, 9.17) is 0 Å². The summed E-state index contributed by atoms with van der Waals surface area (Å²) in [5.41, 5.74) is 0.568. The molecular weight excluding hydrogens is 336 g/mol. The number of carbonyl (C=O) groups excluding carboxylic acids is 1. The fourth-order valence-electron chi connectivity index (χ4n) is 3.85. The first-order valence-electron chi connectivity index (χ1n) is 9.46. The molecule has 1 aromatic rings. The topological polar surface area (TPSA) is 66.5 Å². The van der Waals surface area contributed by atoms with Crippen LogP contribution >= 0.6 is 0 Å². The molecule has 1 amide bonds. The van der Waals surface area contributed by atoms with Crippen LogP contribution in [0.25, 0.3) is 0 Å². The number of hydrogen-bond acceptors (Lipinski definition) is 3. The molecule has 3 rings (SSSR count). The van der Waals surface area contributed by atoms with Crippen LogP contribution in [0.15, 0.2) is 29.2 Å². The molecule has 1 heterocycles. The molecule has 1 saturated carbocycles. The van der Waals surface area contributed by atoms with Gasteiger partial charge in [-0.1, -0.05) is 31.7 Å². The third-order valence-corrected chi connectivity index (χ3v) is 7.16. The van der Waals surface area contributed by atoms with E-state index in [2.05, 4.69) is 5.32 Å². The summed E-state index contributed by atoms with van der Waals surface area (Å²) in [6.45, 7) is 1.17. The number of nitrogens with zero attached hydrogens (tertiary/aromatic N) is 1. The van der Waals surface area contributed by atoms with Crippen LogP contribution in [-0.2, 0) is 14.8 Å². The fraction of sp³-hybridized carbons (Fsp3) is 0.632. The van der Waals surface area contributed by atoms with Crippen molar-refractivity contribution in [2.45, 2.75) is 62.7 Å². The first-order valence-corrected chi connectivity index (χ1v) is 10.9. The van der Waals surface area contributed by atoms with Gasteiger partial charge in [-0.25, -0.2) is 8.42 Å². The van der Waals surface area contributed by atoms with Gasteiger partial charge in [0.05, 0.1) is 4.90 Å². The number of hydrogen-bond donors (Lipinski definition) is 1. The van der Waals surface area contributed by atoms with Crippen molar-refractivity contribution in [3.63, 3.8) is 0 Å². The summed E-state index contributed by atoms with van der Waals surface area (Å²) in [5, 5.41) is 2.87. The van der Waals surface area contributed by atoms with Crippen LogP contribution in [0.3, 0.4) is 0 Å². The Balaban J connectivity index is 1.68. The molecule has 1 N–H and O–H groups in total. The van der Waals surface area contributed by atoms with Crippen molar-refractivity contribution in [3.05, 3.63) is 24.3 Å². The highest BCUT2D eigenvalue weighted by Crippen LogP contribution is 2.28. The van der Waals surface area contributed by atoms with Crippen molar-refractivity contribution in [2.75, 3.05) is 18.4 Å². The molecule has 0 radical (unpaired) electrons. The molecule has 1 aromatic carbocycles. The Morgan fingerprint density at radius 2 is 1.72 bits per heavy atom. The monoisotopic (exact) mass is 364 g/mol. The van der Waals surface area contributed by atoms with Crippen molar-refractivity contribution < 1.29 is 13.2 Å². The smallest absolute Gasteiger partial charge is 0.243 e. The van der Waals surface area contributed by atoms with Gasteiger partial charge < -0.3 is 5.32 Å². The van der Waals surface area contributed by atoms with Crippen LogP contribution in [-0.4, -0.2) is 31.7 Å². The van der Waals surface area contributed by atoms with E-state index in [0.29, 0.717) is 31.1 Å². The van der Waals surface area contributed by atoms with Gasteiger partial charge in [-0.05, 0) is 49.8 Å². The lowest BCUT2D eigenvalue weighted by Crippen LogP contribution is -2.32. The number of amides is 1. The third kappa shape index (κ3) is 4.82. The Morgan fingerprint density at radius 1 is 1.04 bits per heavy atom. The lowest BCUT2D eigenvalue weighted by Gasteiger charge is -2.20. The second-order valence-electron chi connectivity index (χ2n) is 7.25. The molecule has 0 spiro atoms. The van der Waals surface area contributed by atoms with E-state index in [1.165, 1.54) is 12.8 Å². The van der Waals surface area contributed by atoms with Gasteiger partial charge in [0.15, 0.2) is 0 Å². The maximum Gasteiger partial charge on any atom is 0.243 e. The van der Waals surface area contributed by atoms with Gasteiger partial charge in [0.2, 0.25) is 15.9 Å². The molecule has 1 aliphatic heterocycles. The standard InChI is InChI=1S/C19H28N2O3S/c22-19(14-16-8-3-4-9-16)20-17-10-7-11-18(15-17)25(23,24)21-12-5-1-2-6-13-21/h7,10-11,15-16H,1-6,8-9,12-14H2,(H,20,22). The normalized spacial score (nSPS) is 20.3. The molecule has 138 valence electrons. The molecule has 1 aliphatic carbocycles. The van der Waals surface area contributed by atoms with Gasteiger partial charge in [-0.15, -0.1) is 0 Å². The molecule has 2 fully saturated rings. The minimum atomic E-state index is -3.48. The SMILES string of the molecule is O=C(CC1CCCC1)Nc1cccc(S(=O)(=O)N2CCCCCC2)c1. The van der Waals surface area contributed by atoms with Gasteiger partial charge in [-0.2, -0.15) is 4.31 Å². The molecule has 0 unspecified atom stereocenters. The summed E-state index contributed by atoms with van der Waals surface area (Å²) >= 11 is 0. The number of anilines is 1. The Kier molecular flexibility index (Phi) is 6.12. The van der Waals surface area contributed by atoms with E-state index in [-0.39, 0.29) is 10.8 Å². The molecule has 5 nitrogen and oxygen atoms in total. The maximum absolute atomic E-state index is 12.9. The highest BCUT2D eigenvalue weighted by molar-refractivity contribution is 7.89. The van der Waals surface area contributed by atoms with Crippen LogP contribution in [0.4, 0.5) is 5.69 Å². The summed E-state index contributed by atoms with van der Waals surface area (Å²) < 4.78 is 27.3. The quantitative estimate of drug-likeness (QED) is 0.865. The summed E-state index contributed by atoms with van der Waals surface area (Å²) in [6.07, 6.45) is 9.19. The fourth-order valence-corrected chi connectivity index (χ4v) is 5.42. The second-order valence-corrected chi connectivity index (χ2v) is 9.19. The van der Waals surface area contributed by atoms with Gasteiger partial charge in [-0.3, -0.25) is 4.79 Å². The molecule has 6 heteroatoms. The summed E-state index contributed by atoms with van der Waals surface area (Å²) in [5.74, 6) is 0.459. The largest absolute Gasteiger partial charge is 0.326 e. The third-order valence-electron chi connectivity index (χ3n) is 5.27. The molecule has 2 aliphatic rings. The lowest BCUT2D eigenvalue weighted by atomic mass is 10.0. The average molecular weight is 365 g/mol. The Bertz CT molecular complexity index is 688. The van der Waals surface area contributed by atoms with Crippen molar-refractivity contribution in [3.8, 4) is 0 Å². The van der Waals surface area contributed by atoms with Crippen LogP contribution in [0.5, 0.6) is 0 Å². The minimum Gasteiger partial charge on any atom is -0.326 e. The van der Waals surface area contributed by atoms with Gasteiger partial charge in [0.1, 0.15) is 0 Å². The maximum atomic E-state index is 12.9. The molecule has 0 bridgehead atoms. The summed E-state index contributed by atoms with van der Waals surface area (Å²) in [7, 11) is -3.48. The number of carbonyl (C=O) groups is 1. The molecule has 0 atom stereocenters. The van der Waals surface area contributed by atoms with Gasteiger partial charge >= 0.3 is 0 Å². The molecule has 1 saturated heterocycles. The summed E-state index contributed by atoms with van der Waals surface area (Å²) in [6, 6.07) is 6.67. The Labute approximate surface area is 150 Å². The van der Waals surface area contributed by atoms with Crippen LogP contribution in [0.1, 0.15) is 57.8 Å². The van der Waals surface area contributed by atoms with Crippen molar-refractivity contribution in [1.82, 2.24) is 4.31 Å². The number of benzene rings is 1. The molecule has 0 aromatic heterocycles. The zero-order chi connectivity index (χ0) is 17.7. The van der Waals surface area contributed by atoms with Gasteiger partial charge in [0, 0.05) is 25.2 Å². The van der Waals surface area contributed by atoms with Gasteiger partial charge in [0.25, 0.3) is 0 Å². The first-order chi connectivity index (χ1) is 12.1. The number of sulfonamides is 1. The summed E-state index contributed by atoms with van der Waals surface area (Å²) in [4.78, 5) is 12.5. The van der Waals surface area contributed by atoms with Crippen LogP contribution in [0.2, 0.25) is 0 Å². The number of nitrogens with one attached hydrogen (secondary N) is 1. The van der Waals surface area contributed by atoms with E-state index in [1.54, 1.807) is 28.6 Å². The van der Waals surface area contributed by atoms with Crippen LogP contribution in [0, 0.1) is 5.92 Å². The first kappa shape index (κ1) is 18.4. The van der Waals surface area contributed by atoms with Crippen molar-refractivity contribution in [1.29, 1.82) is 0 Å². The zero-order valence-electron chi connectivity index (χ0n) is 14.7. The number of rotatable bonds is 5. The average Bonchev–Trinajstić information content (AvgIpc) is 2.93. The Hall–Kier alpha value is -1.40. The van der Waals surface area contributed by atoms with Crippen molar-refractivity contribution >= 4 is 21.6 Å². The molecular formula is C19H28N2O3S. The zero-order valence-corrected chi connectivity index (χ0v) is 15.6. The second kappa shape index (κ2) is 8.32. The van der Waals surface area contributed by atoms with E-state index >= 15 is 0 Å². The predicted octanol–water partition coefficient (Wildman–Crippen LogP) is 3.77. The van der Waals surface area contributed by atoms with Crippen molar-refractivity contribution in [2.24, 2.45) is 5.92 Å². The molecule has 25 heavy (non-hydrogen) atoms. The highest BCUT2D eigenvalue weighted by Gasteiger charge is 2.25. The van der Waals surface area contributed by atoms with E-state index in [0.717, 1.165) is 38.5 Å². The van der Waals surface area contributed by atoms with E-state index in [9.17, 15) is 13.2 Å². The van der Waals surface area contributed by atoms with Crippen LogP contribution < -0.4 is 5.32 Å². The van der Waals surface area contributed by atoms with E-state index < -0.39 is 10.0 Å². The van der Waals surface area contributed by atoms with E-state index in [1.807, 2.05) is 0 Å². The lowest BCUT2D eigenvalue weighted by molar-refractivity contribution is -0.117. The minimum absolute atomic E-state index is 0.0174. The Morgan fingerprint density at radius 3 is 2.40 bits per heavy atom. The predicted molar refractivity (Wildman–Crippen MR) is 98.9 cm³/mol. The highest BCUT2D eigenvalue weighted by atomic mass is 32.2.